The number of sulfonamides is 1. The van der Waals surface area contributed by atoms with Gasteiger partial charge in [0, 0.05) is 29.8 Å². The number of fused-ring (bicyclic) bond motifs is 4. The van der Waals surface area contributed by atoms with Crippen molar-refractivity contribution >= 4 is 44.3 Å². The Morgan fingerprint density at radius 1 is 1.05 bits per heavy atom. The average Bonchev–Trinajstić information content (AvgIpc) is 3.67. The number of hydrogen-bond acceptors (Lipinski definition) is 7. The molecule has 11 nitrogen and oxygen atoms in total. The van der Waals surface area contributed by atoms with Crippen molar-refractivity contribution in [3.63, 3.8) is 0 Å². The third-order valence-corrected chi connectivity index (χ3v) is 11.2. The van der Waals surface area contributed by atoms with Gasteiger partial charge in [-0.3, -0.25) is 18.9 Å². The number of amides is 1. The fourth-order valence-electron chi connectivity index (χ4n) is 7.89. The summed E-state index contributed by atoms with van der Waals surface area (Å²) < 4.78 is 158. The topological polar surface area (TPSA) is 144 Å². The number of aromatic nitrogens is 5. The molecule has 2 aromatic carbocycles. The maximum absolute atomic E-state index is 15.6. The van der Waals surface area contributed by atoms with Gasteiger partial charge in [-0.15, -0.1) is 0 Å². The molecule has 3 atom stereocenters. The van der Waals surface area contributed by atoms with Crippen LogP contribution in [-0.2, 0) is 46.9 Å². The number of alkyl halides is 7. The maximum atomic E-state index is 15.6. The van der Waals surface area contributed by atoms with Gasteiger partial charge in [0.2, 0.25) is 15.9 Å². The van der Waals surface area contributed by atoms with Crippen LogP contribution < -0.4 is 10.0 Å². The Bertz CT molecular complexity index is 2920. The second-order valence-corrected chi connectivity index (χ2v) is 17.2. The van der Waals surface area contributed by atoms with Crippen LogP contribution in [0.25, 0.3) is 22.0 Å². The Morgan fingerprint density at radius 2 is 1.72 bits per heavy atom. The van der Waals surface area contributed by atoms with E-state index in [1.807, 2.05) is 0 Å². The largest absolute Gasteiger partial charge is 0.435 e. The van der Waals surface area contributed by atoms with Gasteiger partial charge in [-0.2, -0.15) is 32.1 Å². The van der Waals surface area contributed by atoms with Crippen LogP contribution in [-0.4, -0.2) is 61.8 Å². The first-order valence-corrected chi connectivity index (χ1v) is 20.2. The molecule has 0 radical (unpaired) electrons. The Kier molecular flexibility index (Phi) is 9.73. The third kappa shape index (κ3) is 7.74. The van der Waals surface area contributed by atoms with Crippen LogP contribution in [0.15, 0.2) is 42.5 Å². The lowest BCUT2D eigenvalue weighted by Crippen LogP contribution is -2.50. The van der Waals surface area contributed by atoms with Gasteiger partial charge in [0.1, 0.15) is 41.1 Å². The number of halogens is 10. The van der Waals surface area contributed by atoms with E-state index in [-0.39, 0.29) is 54.5 Å². The van der Waals surface area contributed by atoms with E-state index in [9.17, 15) is 49.1 Å². The van der Waals surface area contributed by atoms with Gasteiger partial charge in [0.25, 0.3) is 5.92 Å². The molecule has 1 saturated carbocycles. The summed E-state index contributed by atoms with van der Waals surface area (Å²) in [4.78, 5) is 18.5. The van der Waals surface area contributed by atoms with Gasteiger partial charge in [0.15, 0.2) is 11.5 Å². The summed E-state index contributed by atoms with van der Waals surface area (Å²) in [5, 5.41) is 20.8. The van der Waals surface area contributed by atoms with Crippen LogP contribution >= 0.6 is 11.6 Å². The van der Waals surface area contributed by atoms with Gasteiger partial charge in [-0.05, 0) is 48.2 Å². The molecule has 0 unspecified atom stereocenters. The van der Waals surface area contributed by atoms with Gasteiger partial charge in [-0.25, -0.2) is 31.0 Å². The summed E-state index contributed by atoms with van der Waals surface area (Å²) in [6, 6.07) is 6.39. The third-order valence-electron chi connectivity index (χ3n) is 10.3. The zero-order chi connectivity index (χ0) is 44.2. The van der Waals surface area contributed by atoms with Crippen molar-refractivity contribution in [3.05, 3.63) is 93.0 Å². The first-order chi connectivity index (χ1) is 28.3. The van der Waals surface area contributed by atoms with E-state index in [2.05, 4.69) is 48.9 Å². The van der Waals surface area contributed by atoms with Crippen LogP contribution in [0.2, 0.25) is 5.02 Å². The number of nitrogens with one attached hydrogen (secondary N) is 2. The molecule has 0 bridgehead atoms. The number of aryl methyl sites for hydroxylation is 1. The highest BCUT2D eigenvalue weighted by molar-refractivity contribution is 7.92. The number of carbonyl (C=O) groups is 1. The van der Waals surface area contributed by atoms with Crippen LogP contribution in [0.5, 0.6) is 0 Å². The summed E-state index contributed by atoms with van der Waals surface area (Å²) in [5.74, 6) is -4.47. The summed E-state index contributed by atoms with van der Waals surface area (Å²) in [6.07, 6.45) is -6.80. The van der Waals surface area contributed by atoms with E-state index in [1.165, 1.54) is 36.0 Å². The molecule has 1 fully saturated rings. The minimum Gasteiger partial charge on any atom is -0.377 e. The Labute approximate surface area is 344 Å². The van der Waals surface area contributed by atoms with Gasteiger partial charge in [-0.1, -0.05) is 35.4 Å². The van der Waals surface area contributed by atoms with Gasteiger partial charge in [0.05, 0.1) is 52.7 Å². The van der Waals surface area contributed by atoms with E-state index in [0.717, 1.165) is 18.4 Å². The number of anilines is 1. The highest BCUT2D eigenvalue weighted by Gasteiger charge is 2.62. The fourth-order valence-corrected chi connectivity index (χ4v) is 8.63. The van der Waals surface area contributed by atoms with Gasteiger partial charge < -0.3 is 10.4 Å². The lowest BCUT2D eigenvalue weighted by Gasteiger charge is -2.39. The number of rotatable bonds is 9. The first kappa shape index (κ1) is 41.9. The van der Waals surface area contributed by atoms with Crippen LogP contribution in [0.3, 0.4) is 0 Å². The summed E-state index contributed by atoms with van der Waals surface area (Å²) >= 11 is 6.54. The van der Waals surface area contributed by atoms with Crippen molar-refractivity contribution in [1.82, 2.24) is 29.9 Å². The molecule has 3 aliphatic carbocycles. The molecule has 8 rings (SSSR count). The number of hydrogen-bond donors (Lipinski definition) is 3. The molecule has 3 heterocycles. The highest BCUT2D eigenvalue weighted by Crippen LogP contribution is 2.58. The van der Waals surface area contributed by atoms with Crippen LogP contribution in [0.4, 0.5) is 45.3 Å². The summed E-state index contributed by atoms with van der Waals surface area (Å²) in [5.41, 5.74) is -5.74. The minimum atomic E-state index is -5.20. The SMILES string of the molecule is Cn1nc(NS(C)(=O)=O)c2c(Cl)ccc(-c3ccc(C#CC4(O)CC(F)(F)C4)nc3[C@H](Cc3cc(F)cc(F)c3)NC(=O)Cn3nc(C(F)(F)F)c4c3C(F)(F)[C@@H]3C#C[C@H]43)c21. The first-order valence-electron chi connectivity index (χ1n) is 17.9. The molecule has 5 aromatic rings. The summed E-state index contributed by atoms with van der Waals surface area (Å²) in [7, 11) is -2.47. The van der Waals surface area contributed by atoms with Crippen LogP contribution in [0, 0.1) is 41.2 Å². The zero-order valence-electron chi connectivity index (χ0n) is 31.2. The number of benzene rings is 2. The Balaban J connectivity index is 1.28. The van der Waals surface area contributed by atoms with E-state index in [1.54, 1.807) is 0 Å². The molecule has 3 N–H and O–H groups in total. The van der Waals surface area contributed by atoms with Crippen molar-refractivity contribution in [2.45, 2.75) is 61.4 Å². The number of carbonyl (C=O) groups excluding carboxylic acids is 1. The van der Waals surface area contributed by atoms with Crippen molar-refractivity contribution in [2.24, 2.45) is 13.0 Å². The molecule has 61 heavy (non-hydrogen) atoms. The Hall–Kier alpha value is -5.77. The summed E-state index contributed by atoms with van der Waals surface area (Å²) in [6.45, 7) is -1.22. The lowest BCUT2D eigenvalue weighted by atomic mass is 9.77. The molecule has 318 valence electrons. The molecule has 22 heteroatoms. The Morgan fingerprint density at radius 3 is 2.33 bits per heavy atom. The number of aliphatic hydroxyl groups is 1. The molecule has 0 saturated heterocycles. The van der Waals surface area contributed by atoms with E-state index < -0.39 is 112 Å². The van der Waals surface area contributed by atoms with Crippen molar-refractivity contribution < 1.29 is 57.8 Å². The standard InChI is InChI=1S/C39H27ClF9N7O4S/c1-55-32-23(6-8-26(40)30(32)35(53-55)54-61(2,59)60)22-4-3-21(9-10-36(58)16-37(43,44)17-36)50-31(22)27(13-18-11-19(41)14-20(42)12-18)51-28(57)15-56-34-29(33(52-56)39(47,48)49)24-5-7-25(24)38(34,45)46/h3-4,6,8,11-12,14,24-25,27,58H,13,15-17H2,1-2H3,(H,51,57)(H,53,54)/t24-,25+,27-/m0/s1. The lowest BCUT2D eigenvalue weighted by molar-refractivity contribution is -0.176. The predicted octanol–water partition coefficient (Wildman–Crippen LogP) is 6.59. The van der Waals surface area contributed by atoms with Crippen molar-refractivity contribution in [2.75, 3.05) is 11.0 Å². The van der Waals surface area contributed by atoms with Crippen molar-refractivity contribution in [1.29, 1.82) is 0 Å². The predicted molar refractivity (Wildman–Crippen MR) is 200 cm³/mol. The molecule has 3 aromatic heterocycles. The molecule has 0 spiro atoms. The highest BCUT2D eigenvalue weighted by atomic mass is 35.5. The maximum Gasteiger partial charge on any atom is 0.435 e. The number of pyridine rings is 1. The molecular weight excluding hydrogens is 869 g/mol. The minimum absolute atomic E-state index is 0.0289. The normalized spacial score (nSPS) is 19.6. The van der Waals surface area contributed by atoms with E-state index in [0.29, 0.717) is 6.07 Å². The average molecular weight is 896 g/mol. The fraction of sp³-hybridized carbons (Fsp3) is 0.333. The molecule has 0 aliphatic heterocycles. The van der Waals surface area contributed by atoms with E-state index >= 15 is 8.78 Å². The zero-order valence-corrected chi connectivity index (χ0v) is 32.8. The molecule has 3 aliphatic rings. The number of nitrogens with zero attached hydrogens (tertiary/aromatic N) is 5. The smallest absolute Gasteiger partial charge is 0.377 e. The second kappa shape index (κ2) is 14.1. The van der Waals surface area contributed by atoms with Crippen LogP contribution in [0.1, 0.15) is 58.7 Å². The molecular formula is C39H27ClF9N7O4S. The quantitative estimate of drug-likeness (QED) is 0.112. The van der Waals surface area contributed by atoms with Crippen molar-refractivity contribution in [3.8, 4) is 34.8 Å². The second-order valence-electron chi connectivity index (χ2n) is 15.0. The molecule has 1 amide bonds. The van der Waals surface area contributed by atoms with E-state index in [4.69, 9.17) is 11.6 Å². The monoisotopic (exact) mass is 895 g/mol. The van der Waals surface area contributed by atoms with Gasteiger partial charge >= 0.3 is 12.1 Å².